The van der Waals surface area contributed by atoms with Crippen LogP contribution in [0.5, 0.6) is 0 Å². The second-order valence-corrected chi connectivity index (χ2v) is 7.49. The number of hydrogen-bond donors (Lipinski definition) is 2. The molecule has 114 valence electrons. The Morgan fingerprint density at radius 3 is 2.71 bits per heavy atom. The second kappa shape index (κ2) is 7.17. The summed E-state index contributed by atoms with van der Waals surface area (Å²) in [6.45, 7) is 3.06. The molecule has 1 aromatic carbocycles. The summed E-state index contributed by atoms with van der Waals surface area (Å²) in [6.07, 6.45) is 0.915. The third kappa shape index (κ3) is 4.14. The first-order valence-electron chi connectivity index (χ1n) is 6.85. The summed E-state index contributed by atoms with van der Waals surface area (Å²) in [5.74, 6) is 0. The number of hydrogen-bond acceptors (Lipinski definition) is 4. The summed E-state index contributed by atoms with van der Waals surface area (Å²) in [6, 6.07) is 9.04. The average Bonchev–Trinajstić information content (AvgIpc) is 2.93. The maximum absolute atomic E-state index is 12.4. The number of benzene rings is 1. The van der Waals surface area contributed by atoms with E-state index in [-0.39, 0.29) is 0 Å². The van der Waals surface area contributed by atoms with Crippen LogP contribution in [-0.2, 0) is 29.5 Å². The maximum atomic E-state index is 12.4. The topological polar surface area (TPSA) is 58.2 Å². The van der Waals surface area contributed by atoms with Gasteiger partial charge in [0, 0.05) is 18.0 Å². The van der Waals surface area contributed by atoms with Gasteiger partial charge in [-0.25, -0.2) is 13.1 Å². The lowest BCUT2D eigenvalue weighted by atomic mass is 10.2. The number of aryl methyl sites for hydroxylation is 1. The summed E-state index contributed by atoms with van der Waals surface area (Å²) in [5.41, 5.74) is 2.15. The van der Waals surface area contributed by atoms with Gasteiger partial charge in [0.1, 0.15) is 0 Å². The Bertz CT molecular complexity index is 693. The Morgan fingerprint density at radius 1 is 1.19 bits per heavy atom. The number of rotatable bonds is 7. The second-order valence-electron chi connectivity index (χ2n) is 4.72. The van der Waals surface area contributed by atoms with Gasteiger partial charge in [-0.05, 0) is 48.2 Å². The monoisotopic (exact) mass is 324 g/mol. The zero-order chi connectivity index (χ0) is 15.3. The molecule has 0 fully saturated rings. The predicted molar refractivity (Wildman–Crippen MR) is 86.9 cm³/mol. The molecule has 0 amide bonds. The predicted octanol–water partition coefficient (Wildman–Crippen LogP) is 2.51. The summed E-state index contributed by atoms with van der Waals surface area (Å²) < 4.78 is 27.4. The zero-order valence-corrected chi connectivity index (χ0v) is 13.9. The lowest BCUT2D eigenvalue weighted by Gasteiger charge is -2.08. The van der Waals surface area contributed by atoms with Gasteiger partial charge in [-0.3, -0.25) is 0 Å². The van der Waals surface area contributed by atoms with Crippen LogP contribution >= 0.6 is 11.3 Å². The number of sulfonamides is 1. The molecule has 0 aliphatic carbocycles. The molecule has 0 radical (unpaired) electrons. The van der Waals surface area contributed by atoms with E-state index in [9.17, 15) is 8.42 Å². The van der Waals surface area contributed by atoms with Gasteiger partial charge >= 0.3 is 0 Å². The van der Waals surface area contributed by atoms with Gasteiger partial charge in [0.05, 0.1) is 4.90 Å². The van der Waals surface area contributed by atoms with Crippen LogP contribution in [-0.4, -0.2) is 15.5 Å². The first kappa shape index (κ1) is 16.2. The Labute approximate surface area is 130 Å². The average molecular weight is 324 g/mol. The van der Waals surface area contributed by atoms with Crippen molar-refractivity contribution >= 4 is 21.4 Å². The van der Waals surface area contributed by atoms with E-state index in [1.807, 2.05) is 24.6 Å². The van der Waals surface area contributed by atoms with E-state index in [1.165, 1.54) is 5.56 Å². The van der Waals surface area contributed by atoms with Gasteiger partial charge in [-0.2, -0.15) is 0 Å². The number of thiophene rings is 1. The van der Waals surface area contributed by atoms with Crippen LogP contribution in [0.1, 0.15) is 22.9 Å². The standard InChI is InChI=1S/C15H20N2O2S2/c1-3-13-7-8-20-15(13)11-17-21(18,19)14-6-4-5-12(9-14)10-16-2/h4-9,16-17H,3,10-11H2,1-2H3. The van der Waals surface area contributed by atoms with Crippen LogP contribution in [0.2, 0.25) is 0 Å². The molecule has 1 heterocycles. The summed E-state index contributed by atoms with van der Waals surface area (Å²) in [4.78, 5) is 1.39. The van der Waals surface area contributed by atoms with Crippen LogP contribution < -0.4 is 10.0 Å². The third-order valence-electron chi connectivity index (χ3n) is 3.23. The van der Waals surface area contributed by atoms with Gasteiger partial charge in [0.15, 0.2) is 0 Å². The van der Waals surface area contributed by atoms with Gasteiger partial charge < -0.3 is 5.32 Å². The maximum Gasteiger partial charge on any atom is 0.240 e. The minimum Gasteiger partial charge on any atom is -0.316 e. The molecule has 2 aromatic rings. The summed E-state index contributed by atoms with van der Waals surface area (Å²) >= 11 is 1.58. The Hall–Kier alpha value is -1.21. The molecule has 0 aliphatic heterocycles. The highest BCUT2D eigenvalue weighted by Crippen LogP contribution is 2.18. The molecular formula is C15H20N2O2S2. The fourth-order valence-electron chi connectivity index (χ4n) is 2.11. The van der Waals surface area contributed by atoms with Crippen molar-refractivity contribution in [3.63, 3.8) is 0 Å². The molecule has 0 bridgehead atoms. The van der Waals surface area contributed by atoms with E-state index in [0.717, 1.165) is 16.9 Å². The Kier molecular flexibility index (Phi) is 5.52. The quantitative estimate of drug-likeness (QED) is 0.823. The molecule has 4 nitrogen and oxygen atoms in total. The fourth-order valence-corrected chi connectivity index (χ4v) is 4.18. The SMILES string of the molecule is CCc1ccsc1CNS(=O)(=O)c1cccc(CNC)c1. The molecule has 21 heavy (non-hydrogen) atoms. The molecule has 2 N–H and O–H groups in total. The molecule has 0 unspecified atom stereocenters. The van der Waals surface area contributed by atoms with Crippen molar-refractivity contribution in [1.82, 2.24) is 10.0 Å². The van der Waals surface area contributed by atoms with E-state index in [1.54, 1.807) is 29.5 Å². The van der Waals surface area contributed by atoms with Crippen LogP contribution in [0, 0.1) is 0 Å². The van der Waals surface area contributed by atoms with E-state index >= 15 is 0 Å². The molecule has 0 spiro atoms. The van der Waals surface area contributed by atoms with Gasteiger partial charge in [0.25, 0.3) is 0 Å². The van der Waals surface area contributed by atoms with Gasteiger partial charge in [-0.15, -0.1) is 11.3 Å². The smallest absolute Gasteiger partial charge is 0.240 e. The van der Waals surface area contributed by atoms with Crippen molar-refractivity contribution in [3.8, 4) is 0 Å². The molecular weight excluding hydrogens is 304 g/mol. The van der Waals surface area contributed by atoms with Crippen molar-refractivity contribution < 1.29 is 8.42 Å². The van der Waals surface area contributed by atoms with Crippen LogP contribution in [0.4, 0.5) is 0 Å². The lowest BCUT2D eigenvalue weighted by molar-refractivity contribution is 0.581. The van der Waals surface area contributed by atoms with Crippen LogP contribution in [0.25, 0.3) is 0 Å². The molecule has 0 saturated carbocycles. The first-order chi connectivity index (χ1) is 10.1. The summed E-state index contributed by atoms with van der Waals surface area (Å²) in [5, 5.41) is 5.01. The summed E-state index contributed by atoms with van der Waals surface area (Å²) in [7, 11) is -1.64. The lowest BCUT2D eigenvalue weighted by Crippen LogP contribution is -2.23. The van der Waals surface area contributed by atoms with Crippen molar-refractivity contribution in [1.29, 1.82) is 0 Å². The number of nitrogens with one attached hydrogen (secondary N) is 2. The first-order valence-corrected chi connectivity index (χ1v) is 9.21. The normalized spacial score (nSPS) is 11.7. The van der Waals surface area contributed by atoms with Crippen LogP contribution in [0.15, 0.2) is 40.6 Å². The highest BCUT2D eigenvalue weighted by atomic mass is 32.2. The van der Waals surface area contributed by atoms with E-state index < -0.39 is 10.0 Å². The van der Waals surface area contributed by atoms with Crippen molar-refractivity contribution in [3.05, 3.63) is 51.7 Å². The van der Waals surface area contributed by atoms with Crippen LogP contribution in [0.3, 0.4) is 0 Å². The van der Waals surface area contributed by atoms with E-state index in [4.69, 9.17) is 0 Å². The fraction of sp³-hybridized carbons (Fsp3) is 0.333. The molecule has 0 aliphatic rings. The molecule has 0 atom stereocenters. The molecule has 2 rings (SSSR count). The van der Waals surface area contributed by atoms with Gasteiger partial charge in [0.2, 0.25) is 10.0 Å². The largest absolute Gasteiger partial charge is 0.316 e. The third-order valence-corrected chi connectivity index (χ3v) is 5.59. The molecule has 1 aromatic heterocycles. The minimum atomic E-state index is -3.47. The highest BCUT2D eigenvalue weighted by molar-refractivity contribution is 7.89. The van der Waals surface area contributed by atoms with E-state index in [2.05, 4.69) is 17.0 Å². The van der Waals surface area contributed by atoms with Crippen molar-refractivity contribution in [2.24, 2.45) is 0 Å². The van der Waals surface area contributed by atoms with Crippen molar-refractivity contribution in [2.45, 2.75) is 31.3 Å². The molecule has 0 saturated heterocycles. The van der Waals surface area contributed by atoms with E-state index in [0.29, 0.717) is 18.0 Å². The Morgan fingerprint density at radius 2 is 2.00 bits per heavy atom. The van der Waals surface area contributed by atoms with Gasteiger partial charge in [-0.1, -0.05) is 19.1 Å². The Balaban J connectivity index is 2.13. The molecule has 6 heteroatoms. The zero-order valence-electron chi connectivity index (χ0n) is 12.2. The minimum absolute atomic E-state index is 0.310. The highest BCUT2D eigenvalue weighted by Gasteiger charge is 2.15. The van der Waals surface area contributed by atoms with Crippen molar-refractivity contribution in [2.75, 3.05) is 7.05 Å².